The summed E-state index contributed by atoms with van der Waals surface area (Å²) in [4.78, 5) is 13.4. The van der Waals surface area contributed by atoms with Gasteiger partial charge in [0.25, 0.3) is 0 Å². The lowest BCUT2D eigenvalue weighted by atomic mass is 9.96. The molecule has 1 aliphatic heterocycles. The first-order valence-corrected chi connectivity index (χ1v) is 6.78. The maximum Gasteiger partial charge on any atom is 0.168 e. The number of aliphatic hydroxyl groups excluding tert-OH is 2. The molecule has 0 bridgehead atoms. The average molecular weight is 310 g/mol. The van der Waals surface area contributed by atoms with Gasteiger partial charge in [0, 0.05) is 6.20 Å². The lowest BCUT2D eigenvalue weighted by Crippen LogP contribution is -2.44. The van der Waals surface area contributed by atoms with Crippen LogP contribution in [0.5, 0.6) is 0 Å². The topological polar surface area (TPSA) is 122 Å². The van der Waals surface area contributed by atoms with E-state index in [4.69, 9.17) is 9.57 Å². The number of hydrogen-bond acceptors (Lipinski definition) is 8. The predicted molar refractivity (Wildman–Crippen MR) is 75.8 cm³/mol. The molecular formula is C13H18N4O5. The van der Waals surface area contributed by atoms with Crippen molar-refractivity contribution < 1.29 is 24.9 Å². The van der Waals surface area contributed by atoms with Crippen LogP contribution in [-0.4, -0.2) is 61.4 Å². The normalized spacial score (nSPS) is 31.8. The minimum atomic E-state index is -1.59. The maximum absolute atomic E-state index is 10.5. The summed E-state index contributed by atoms with van der Waals surface area (Å²) in [5, 5.41) is 29.8. The number of anilines is 1. The molecule has 9 nitrogen and oxygen atoms in total. The standard InChI is InChI=1S/C13H18N4O5/c1-13(20)10(19)8(5-18)22-12(13)17-6-15-9-7(16-21-2)3-4-14-11(9)17/h3-4,6,8,10,12,18-20H,5H2,1-2H3,(H,14,16)/t8-,10-,12-,13-/m1/s1. The van der Waals surface area contributed by atoms with Gasteiger partial charge in [-0.15, -0.1) is 0 Å². The van der Waals surface area contributed by atoms with Crippen LogP contribution in [0.15, 0.2) is 18.6 Å². The number of aliphatic hydroxyl groups is 3. The van der Waals surface area contributed by atoms with Gasteiger partial charge in [-0.05, 0) is 13.0 Å². The number of hydrogen-bond donors (Lipinski definition) is 4. The average Bonchev–Trinajstić information content (AvgIpc) is 3.01. The molecule has 0 aromatic carbocycles. The van der Waals surface area contributed by atoms with Crippen molar-refractivity contribution in [3.63, 3.8) is 0 Å². The van der Waals surface area contributed by atoms with Crippen LogP contribution >= 0.6 is 0 Å². The number of nitrogens with zero attached hydrogens (tertiary/aromatic N) is 3. The summed E-state index contributed by atoms with van der Waals surface area (Å²) in [6.45, 7) is 1.05. The minimum absolute atomic E-state index is 0.398. The molecule has 120 valence electrons. The molecule has 3 rings (SSSR count). The molecule has 3 heterocycles. The van der Waals surface area contributed by atoms with Crippen molar-refractivity contribution in [1.82, 2.24) is 14.5 Å². The van der Waals surface area contributed by atoms with Gasteiger partial charge in [-0.2, -0.15) is 0 Å². The van der Waals surface area contributed by atoms with Gasteiger partial charge in [0.1, 0.15) is 23.3 Å². The molecule has 1 saturated heterocycles. The molecule has 0 spiro atoms. The van der Waals surface area contributed by atoms with Crippen molar-refractivity contribution in [3.8, 4) is 0 Å². The Morgan fingerprint density at radius 3 is 2.91 bits per heavy atom. The lowest BCUT2D eigenvalue weighted by Gasteiger charge is -2.27. The first-order valence-electron chi connectivity index (χ1n) is 6.78. The van der Waals surface area contributed by atoms with Gasteiger partial charge in [-0.3, -0.25) is 14.9 Å². The van der Waals surface area contributed by atoms with E-state index in [9.17, 15) is 15.3 Å². The minimum Gasteiger partial charge on any atom is -0.394 e. The molecule has 0 unspecified atom stereocenters. The Kier molecular flexibility index (Phi) is 3.75. The number of pyridine rings is 1. The molecule has 2 aromatic rings. The monoisotopic (exact) mass is 310 g/mol. The fraction of sp³-hybridized carbons (Fsp3) is 0.538. The van der Waals surface area contributed by atoms with E-state index >= 15 is 0 Å². The van der Waals surface area contributed by atoms with E-state index in [1.807, 2.05) is 0 Å². The van der Waals surface area contributed by atoms with Crippen molar-refractivity contribution in [2.24, 2.45) is 0 Å². The quantitative estimate of drug-likeness (QED) is 0.553. The molecular weight excluding hydrogens is 292 g/mol. The summed E-state index contributed by atoms with van der Waals surface area (Å²) in [5.74, 6) is 0. The van der Waals surface area contributed by atoms with E-state index in [0.29, 0.717) is 16.9 Å². The predicted octanol–water partition coefficient (Wildman–Crippen LogP) is -0.594. The molecule has 4 atom stereocenters. The Morgan fingerprint density at radius 1 is 1.50 bits per heavy atom. The van der Waals surface area contributed by atoms with Crippen LogP contribution in [0.25, 0.3) is 11.2 Å². The Labute approximate surface area is 126 Å². The van der Waals surface area contributed by atoms with Crippen molar-refractivity contribution in [1.29, 1.82) is 0 Å². The molecule has 0 saturated carbocycles. The van der Waals surface area contributed by atoms with Gasteiger partial charge >= 0.3 is 0 Å². The Bertz CT molecular complexity index is 673. The molecule has 0 radical (unpaired) electrons. The van der Waals surface area contributed by atoms with Crippen molar-refractivity contribution >= 4 is 16.9 Å². The zero-order valence-corrected chi connectivity index (χ0v) is 12.2. The van der Waals surface area contributed by atoms with E-state index in [1.165, 1.54) is 24.9 Å². The van der Waals surface area contributed by atoms with Crippen LogP contribution in [0.2, 0.25) is 0 Å². The number of aromatic nitrogens is 3. The molecule has 0 amide bonds. The summed E-state index contributed by atoms with van der Waals surface area (Å²) in [7, 11) is 1.48. The van der Waals surface area contributed by atoms with Crippen LogP contribution in [-0.2, 0) is 9.57 Å². The van der Waals surface area contributed by atoms with Crippen LogP contribution in [0.3, 0.4) is 0 Å². The van der Waals surface area contributed by atoms with E-state index in [-0.39, 0.29) is 0 Å². The Morgan fingerprint density at radius 2 is 2.27 bits per heavy atom. The molecule has 1 aliphatic rings. The molecule has 2 aromatic heterocycles. The van der Waals surface area contributed by atoms with Gasteiger partial charge in [0.2, 0.25) is 0 Å². The summed E-state index contributed by atoms with van der Waals surface area (Å²) < 4.78 is 7.09. The third kappa shape index (κ3) is 2.14. The summed E-state index contributed by atoms with van der Waals surface area (Å²) >= 11 is 0. The van der Waals surface area contributed by atoms with Gasteiger partial charge in [0.15, 0.2) is 11.9 Å². The molecule has 9 heteroatoms. The van der Waals surface area contributed by atoms with E-state index in [1.54, 1.807) is 12.3 Å². The number of ether oxygens (including phenoxy) is 1. The van der Waals surface area contributed by atoms with Crippen LogP contribution in [0.1, 0.15) is 13.2 Å². The van der Waals surface area contributed by atoms with E-state index in [2.05, 4.69) is 15.4 Å². The van der Waals surface area contributed by atoms with Crippen molar-refractivity contribution in [2.75, 3.05) is 19.2 Å². The van der Waals surface area contributed by atoms with Crippen molar-refractivity contribution in [3.05, 3.63) is 18.6 Å². The number of nitrogens with one attached hydrogen (secondary N) is 1. The first-order chi connectivity index (χ1) is 10.5. The largest absolute Gasteiger partial charge is 0.394 e. The van der Waals surface area contributed by atoms with E-state index in [0.717, 1.165) is 0 Å². The Balaban J connectivity index is 2.06. The molecule has 22 heavy (non-hydrogen) atoms. The SMILES string of the molecule is CONc1ccnc2c1ncn2[C@@H]1O[C@H](CO)[C@@H](O)[C@@]1(C)O. The number of rotatable bonds is 4. The molecule has 1 fully saturated rings. The first kappa shape index (κ1) is 15.1. The smallest absolute Gasteiger partial charge is 0.168 e. The molecule has 0 aliphatic carbocycles. The summed E-state index contributed by atoms with van der Waals surface area (Å²) in [5.41, 5.74) is 2.71. The maximum atomic E-state index is 10.5. The second-order valence-electron chi connectivity index (χ2n) is 5.37. The Hall–Kier alpha value is -1.78. The second kappa shape index (κ2) is 5.45. The van der Waals surface area contributed by atoms with Gasteiger partial charge in [-0.1, -0.05) is 0 Å². The number of fused-ring (bicyclic) bond motifs is 1. The van der Waals surface area contributed by atoms with Gasteiger partial charge < -0.3 is 20.1 Å². The fourth-order valence-electron chi connectivity index (χ4n) is 2.69. The van der Waals surface area contributed by atoms with Crippen LogP contribution < -0.4 is 5.48 Å². The highest BCUT2D eigenvalue weighted by Gasteiger charge is 2.53. The summed E-state index contributed by atoms with van der Waals surface area (Å²) in [6, 6.07) is 1.70. The third-order valence-electron chi connectivity index (χ3n) is 3.86. The fourth-order valence-corrected chi connectivity index (χ4v) is 2.69. The molecule has 4 N–H and O–H groups in total. The van der Waals surface area contributed by atoms with Crippen LogP contribution in [0.4, 0.5) is 5.69 Å². The number of imidazole rings is 1. The zero-order valence-electron chi connectivity index (χ0n) is 12.2. The van der Waals surface area contributed by atoms with Gasteiger partial charge in [0.05, 0.1) is 25.7 Å². The zero-order chi connectivity index (χ0) is 15.9. The highest BCUT2D eigenvalue weighted by atomic mass is 16.6. The van der Waals surface area contributed by atoms with Crippen molar-refractivity contribution in [2.45, 2.75) is 31.0 Å². The van der Waals surface area contributed by atoms with Crippen LogP contribution in [0, 0.1) is 0 Å². The van der Waals surface area contributed by atoms with E-state index < -0.39 is 30.6 Å². The second-order valence-corrected chi connectivity index (χ2v) is 5.37. The lowest BCUT2D eigenvalue weighted by molar-refractivity contribution is -0.0950. The highest BCUT2D eigenvalue weighted by molar-refractivity contribution is 5.84. The third-order valence-corrected chi connectivity index (χ3v) is 3.86. The van der Waals surface area contributed by atoms with Gasteiger partial charge in [-0.25, -0.2) is 9.97 Å². The summed E-state index contributed by atoms with van der Waals surface area (Å²) in [6.07, 6.45) is 0.00296. The highest BCUT2D eigenvalue weighted by Crippen LogP contribution is 2.39.